The molecule has 2 rings (SSSR count). The summed E-state index contributed by atoms with van der Waals surface area (Å²) in [4.78, 5) is 28.4. The van der Waals surface area contributed by atoms with Crippen LogP contribution in [0.5, 0.6) is 0 Å². The molecule has 2 amide bonds. The highest BCUT2D eigenvalue weighted by atomic mass is 19.1. The summed E-state index contributed by atoms with van der Waals surface area (Å²) >= 11 is 0. The highest BCUT2D eigenvalue weighted by Gasteiger charge is 2.28. The number of piperazine rings is 1. The van der Waals surface area contributed by atoms with E-state index in [1.807, 2.05) is 11.8 Å². The highest BCUT2D eigenvalue weighted by molar-refractivity contribution is 5.94. The van der Waals surface area contributed by atoms with E-state index in [0.29, 0.717) is 38.4 Å². The Hall–Kier alpha value is -2.03. The molecule has 1 heterocycles. The molecule has 0 aromatic heterocycles. The molecule has 2 unspecified atom stereocenters. The van der Waals surface area contributed by atoms with Gasteiger partial charge >= 0.3 is 0 Å². The van der Waals surface area contributed by atoms with Gasteiger partial charge in [0.05, 0.1) is 18.6 Å². The summed E-state index contributed by atoms with van der Waals surface area (Å²) in [5.74, 6) is -0.578. The van der Waals surface area contributed by atoms with Crippen molar-refractivity contribution in [3.05, 3.63) is 30.1 Å². The molecule has 7 nitrogen and oxygen atoms in total. The normalized spacial score (nSPS) is 17.6. The van der Waals surface area contributed by atoms with Gasteiger partial charge in [-0.15, -0.1) is 0 Å². The van der Waals surface area contributed by atoms with E-state index in [1.54, 1.807) is 24.1 Å². The third kappa shape index (κ3) is 5.48. The van der Waals surface area contributed by atoms with Gasteiger partial charge in [0.25, 0.3) is 0 Å². The molecule has 0 bridgehead atoms. The first kappa shape index (κ1) is 20.3. The van der Waals surface area contributed by atoms with Gasteiger partial charge in [-0.1, -0.05) is 6.07 Å². The number of methoxy groups -OCH3 is 1. The minimum absolute atomic E-state index is 0.0128. The summed E-state index contributed by atoms with van der Waals surface area (Å²) in [6.45, 7) is 4.42. The lowest BCUT2D eigenvalue weighted by molar-refractivity contribution is -0.136. The van der Waals surface area contributed by atoms with Gasteiger partial charge in [-0.05, 0) is 25.1 Å². The Balaban J connectivity index is 1.82. The number of carbonyl (C=O) groups excluding carboxylic acids is 2. The zero-order valence-corrected chi connectivity index (χ0v) is 15.3. The van der Waals surface area contributed by atoms with Crippen molar-refractivity contribution in [3.8, 4) is 0 Å². The fourth-order valence-electron chi connectivity index (χ4n) is 2.92. The zero-order chi connectivity index (χ0) is 19.1. The van der Waals surface area contributed by atoms with Crippen molar-refractivity contribution >= 4 is 17.5 Å². The topological polar surface area (TPSA) is 87.9 Å². The second-order valence-electron chi connectivity index (χ2n) is 6.39. The third-order valence-corrected chi connectivity index (χ3v) is 4.68. The van der Waals surface area contributed by atoms with Crippen molar-refractivity contribution in [2.75, 3.05) is 45.2 Å². The molecule has 0 aliphatic carbocycles. The van der Waals surface area contributed by atoms with Crippen LogP contribution in [-0.4, -0.2) is 73.6 Å². The van der Waals surface area contributed by atoms with Gasteiger partial charge in [-0.3, -0.25) is 14.5 Å². The predicted octanol–water partition coefficient (Wildman–Crippen LogP) is 0.661. The molecule has 1 aliphatic rings. The number of hydrogen-bond acceptors (Lipinski definition) is 5. The minimum Gasteiger partial charge on any atom is -0.380 e. The summed E-state index contributed by atoms with van der Waals surface area (Å²) in [5, 5.41) is 2.72. The lowest BCUT2D eigenvalue weighted by Gasteiger charge is -2.37. The van der Waals surface area contributed by atoms with Crippen molar-refractivity contribution in [3.63, 3.8) is 0 Å². The zero-order valence-electron chi connectivity index (χ0n) is 15.3. The van der Waals surface area contributed by atoms with Gasteiger partial charge in [0.1, 0.15) is 5.82 Å². The number of nitrogens with two attached hydrogens (primary N) is 1. The van der Waals surface area contributed by atoms with Crippen LogP contribution in [0.4, 0.5) is 10.1 Å². The van der Waals surface area contributed by atoms with E-state index in [9.17, 15) is 14.0 Å². The molecule has 26 heavy (non-hydrogen) atoms. The smallest absolute Gasteiger partial charge is 0.241 e. The largest absolute Gasteiger partial charge is 0.380 e. The van der Waals surface area contributed by atoms with Gasteiger partial charge in [-0.2, -0.15) is 0 Å². The molecule has 0 saturated carbocycles. The van der Waals surface area contributed by atoms with E-state index < -0.39 is 5.82 Å². The number of ether oxygens (including phenoxy) is 1. The average molecular weight is 366 g/mol. The molecule has 1 fully saturated rings. The van der Waals surface area contributed by atoms with Gasteiger partial charge in [0.15, 0.2) is 0 Å². The van der Waals surface area contributed by atoms with Crippen molar-refractivity contribution < 1.29 is 18.7 Å². The van der Waals surface area contributed by atoms with E-state index in [1.165, 1.54) is 12.1 Å². The predicted molar refractivity (Wildman–Crippen MR) is 97.1 cm³/mol. The number of nitrogens with one attached hydrogen (secondary N) is 1. The van der Waals surface area contributed by atoms with Crippen molar-refractivity contribution in [1.29, 1.82) is 0 Å². The maximum atomic E-state index is 13.2. The number of anilines is 1. The summed E-state index contributed by atoms with van der Waals surface area (Å²) in [5.41, 5.74) is 5.99. The monoisotopic (exact) mass is 366 g/mol. The number of hydrogen-bond donors (Lipinski definition) is 2. The van der Waals surface area contributed by atoms with Gasteiger partial charge < -0.3 is 20.7 Å². The summed E-state index contributed by atoms with van der Waals surface area (Å²) < 4.78 is 18.4. The van der Waals surface area contributed by atoms with E-state index >= 15 is 0 Å². The molecule has 0 spiro atoms. The third-order valence-electron chi connectivity index (χ3n) is 4.68. The highest BCUT2D eigenvalue weighted by Crippen LogP contribution is 2.13. The van der Waals surface area contributed by atoms with Crippen LogP contribution in [0, 0.1) is 5.82 Å². The average Bonchev–Trinajstić information content (AvgIpc) is 2.65. The number of amides is 2. The SMILES string of the molecule is COC(CN)CC(=O)N1CCN(C(C)C(=O)Nc2cccc(F)c2)CC1. The quantitative estimate of drug-likeness (QED) is 0.740. The first-order chi connectivity index (χ1) is 12.4. The standard InChI is InChI=1S/C18H27FN4O3/c1-13(18(25)21-15-5-3-4-14(19)10-15)22-6-8-23(9-7-22)17(24)11-16(12-20)26-2/h3-5,10,13,16H,6-9,11-12,20H2,1-2H3,(H,21,25). The fourth-order valence-corrected chi connectivity index (χ4v) is 2.92. The van der Waals surface area contributed by atoms with E-state index in [0.717, 1.165) is 0 Å². The molecule has 8 heteroatoms. The van der Waals surface area contributed by atoms with E-state index in [-0.39, 0.29) is 30.4 Å². The molecule has 1 saturated heterocycles. The number of halogens is 1. The molecule has 3 N–H and O–H groups in total. The number of carbonyl (C=O) groups is 2. The maximum absolute atomic E-state index is 13.2. The van der Waals surface area contributed by atoms with Gasteiger partial charge in [0.2, 0.25) is 11.8 Å². The van der Waals surface area contributed by atoms with Gasteiger partial charge in [0, 0.05) is 45.5 Å². The Morgan fingerprint density at radius 3 is 2.58 bits per heavy atom. The van der Waals surface area contributed by atoms with Crippen molar-refractivity contribution in [2.45, 2.75) is 25.5 Å². The molecule has 2 atom stereocenters. The molecular weight excluding hydrogens is 339 g/mol. The van der Waals surface area contributed by atoms with Crippen LogP contribution in [-0.2, 0) is 14.3 Å². The summed E-state index contributed by atoms with van der Waals surface area (Å²) in [6.07, 6.45) is -0.000652. The first-order valence-corrected chi connectivity index (χ1v) is 8.75. The second kappa shape index (κ2) is 9.61. The lowest BCUT2D eigenvalue weighted by Crippen LogP contribution is -2.54. The Morgan fingerprint density at radius 2 is 2.00 bits per heavy atom. The fraction of sp³-hybridized carbons (Fsp3) is 0.556. The van der Waals surface area contributed by atoms with Crippen LogP contribution in [0.25, 0.3) is 0 Å². The van der Waals surface area contributed by atoms with Crippen LogP contribution < -0.4 is 11.1 Å². The number of benzene rings is 1. The van der Waals surface area contributed by atoms with E-state index in [4.69, 9.17) is 10.5 Å². The van der Waals surface area contributed by atoms with Crippen LogP contribution in [0.1, 0.15) is 13.3 Å². The first-order valence-electron chi connectivity index (χ1n) is 8.75. The van der Waals surface area contributed by atoms with E-state index in [2.05, 4.69) is 5.32 Å². The van der Waals surface area contributed by atoms with Crippen LogP contribution in [0.2, 0.25) is 0 Å². The molecule has 1 aromatic rings. The summed E-state index contributed by atoms with van der Waals surface area (Å²) in [7, 11) is 1.54. The number of nitrogens with zero attached hydrogens (tertiary/aromatic N) is 2. The Kier molecular flexibility index (Phi) is 7.50. The molecule has 0 radical (unpaired) electrons. The molecular formula is C18H27FN4O3. The minimum atomic E-state index is -0.394. The van der Waals surface area contributed by atoms with Crippen LogP contribution >= 0.6 is 0 Å². The van der Waals surface area contributed by atoms with Crippen LogP contribution in [0.3, 0.4) is 0 Å². The summed E-state index contributed by atoms with van der Waals surface area (Å²) in [6, 6.07) is 5.44. The maximum Gasteiger partial charge on any atom is 0.241 e. The Labute approximate surface area is 153 Å². The Bertz CT molecular complexity index is 616. The molecule has 1 aromatic carbocycles. The Morgan fingerprint density at radius 1 is 1.31 bits per heavy atom. The van der Waals surface area contributed by atoms with Crippen molar-refractivity contribution in [1.82, 2.24) is 9.80 Å². The molecule has 1 aliphatic heterocycles. The number of rotatable bonds is 7. The molecule has 144 valence electrons. The van der Waals surface area contributed by atoms with Gasteiger partial charge in [-0.25, -0.2) is 4.39 Å². The van der Waals surface area contributed by atoms with Crippen LogP contribution in [0.15, 0.2) is 24.3 Å². The second-order valence-corrected chi connectivity index (χ2v) is 6.39. The lowest BCUT2D eigenvalue weighted by atomic mass is 10.1. The van der Waals surface area contributed by atoms with Crippen molar-refractivity contribution in [2.24, 2.45) is 5.73 Å².